The van der Waals surface area contributed by atoms with Crippen LogP contribution in [0.1, 0.15) is 30.5 Å². The first-order valence-corrected chi connectivity index (χ1v) is 5.52. The van der Waals surface area contributed by atoms with Crippen molar-refractivity contribution in [2.45, 2.75) is 25.7 Å². The van der Waals surface area contributed by atoms with Gasteiger partial charge < -0.3 is 15.2 Å². The van der Waals surface area contributed by atoms with Crippen LogP contribution in [-0.2, 0) is 0 Å². The average molecular weight is 210 g/mol. The van der Waals surface area contributed by atoms with Gasteiger partial charge in [-0.15, -0.1) is 0 Å². The lowest BCUT2D eigenvalue weighted by Crippen LogP contribution is -2.36. The predicted molar refractivity (Wildman–Crippen MR) is 56.5 cm³/mol. The lowest BCUT2D eigenvalue weighted by atomic mass is 9.97. The Bertz CT molecular complexity index is 304. The van der Waals surface area contributed by atoms with Crippen molar-refractivity contribution < 1.29 is 4.52 Å². The fraction of sp³-hybridized carbons (Fsp3) is 0.800. The molecule has 2 N–H and O–H groups in total. The van der Waals surface area contributed by atoms with E-state index in [4.69, 9.17) is 10.3 Å². The summed E-state index contributed by atoms with van der Waals surface area (Å²) in [5.74, 6) is 1.98. The molecule has 0 unspecified atom stereocenters. The minimum atomic E-state index is 0.445. The van der Waals surface area contributed by atoms with Gasteiger partial charge in [0.1, 0.15) is 0 Å². The maximum absolute atomic E-state index is 5.53. The van der Waals surface area contributed by atoms with Crippen molar-refractivity contribution in [3.63, 3.8) is 0 Å². The van der Waals surface area contributed by atoms with E-state index in [1.807, 2.05) is 6.92 Å². The van der Waals surface area contributed by atoms with Crippen LogP contribution in [0, 0.1) is 6.92 Å². The Hall–Kier alpha value is -0.940. The summed E-state index contributed by atoms with van der Waals surface area (Å²) in [6.07, 6.45) is 2.20. The molecule has 5 nitrogen and oxygen atoms in total. The summed E-state index contributed by atoms with van der Waals surface area (Å²) in [5, 5.41) is 3.83. The number of nitrogens with two attached hydrogens (primary N) is 1. The molecule has 84 valence electrons. The fourth-order valence-corrected chi connectivity index (χ4v) is 2.07. The zero-order valence-corrected chi connectivity index (χ0v) is 9.15. The van der Waals surface area contributed by atoms with E-state index in [1.165, 1.54) is 0 Å². The van der Waals surface area contributed by atoms with Crippen LogP contribution in [-0.4, -0.2) is 41.2 Å². The first-order chi connectivity index (χ1) is 7.29. The molecule has 1 aliphatic heterocycles. The van der Waals surface area contributed by atoms with E-state index < -0.39 is 0 Å². The van der Waals surface area contributed by atoms with Gasteiger partial charge in [0.05, 0.1) is 0 Å². The SMILES string of the molecule is Cc1noc(C2CCN(CCN)CC2)n1. The Balaban J connectivity index is 1.88. The summed E-state index contributed by atoms with van der Waals surface area (Å²) in [7, 11) is 0. The van der Waals surface area contributed by atoms with Crippen LogP contribution in [0.2, 0.25) is 0 Å². The zero-order chi connectivity index (χ0) is 10.7. The standard InChI is InChI=1S/C10H18N4O/c1-8-12-10(15-13-8)9-2-5-14(6-3-9)7-4-11/h9H,2-7,11H2,1H3. The molecule has 1 saturated heterocycles. The van der Waals surface area contributed by atoms with Crippen molar-refractivity contribution in [2.24, 2.45) is 5.73 Å². The Morgan fingerprint density at radius 3 is 2.73 bits per heavy atom. The molecule has 0 spiro atoms. The lowest BCUT2D eigenvalue weighted by Gasteiger charge is -2.29. The summed E-state index contributed by atoms with van der Waals surface area (Å²) in [4.78, 5) is 6.67. The van der Waals surface area contributed by atoms with Crippen molar-refractivity contribution in [3.8, 4) is 0 Å². The van der Waals surface area contributed by atoms with Crippen molar-refractivity contribution in [1.82, 2.24) is 15.0 Å². The maximum Gasteiger partial charge on any atom is 0.229 e. The summed E-state index contributed by atoms with van der Waals surface area (Å²) in [6, 6.07) is 0. The molecule has 0 radical (unpaired) electrons. The molecule has 1 aromatic rings. The summed E-state index contributed by atoms with van der Waals surface area (Å²) >= 11 is 0. The highest BCUT2D eigenvalue weighted by Gasteiger charge is 2.24. The van der Waals surface area contributed by atoms with Gasteiger partial charge in [-0.05, 0) is 32.9 Å². The number of aryl methyl sites for hydroxylation is 1. The van der Waals surface area contributed by atoms with Gasteiger partial charge in [-0.25, -0.2) is 0 Å². The number of piperidine rings is 1. The first kappa shape index (κ1) is 10.6. The minimum Gasteiger partial charge on any atom is -0.339 e. The number of likely N-dealkylation sites (tertiary alicyclic amines) is 1. The molecule has 0 aromatic carbocycles. The number of hydrogen-bond acceptors (Lipinski definition) is 5. The Morgan fingerprint density at radius 1 is 1.47 bits per heavy atom. The van der Waals surface area contributed by atoms with Gasteiger partial charge in [0, 0.05) is 19.0 Å². The van der Waals surface area contributed by atoms with Gasteiger partial charge in [0.15, 0.2) is 5.82 Å². The van der Waals surface area contributed by atoms with Gasteiger partial charge in [-0.2, -0.15) is 4.98 Å². The van der Waals surface area contributed by atoms with Crippen LogP contribution >= 0.6 is 0 Å². The predicted octanol–water partition coefficient (Wildman–Crippen LogP) is 0.516. The van der Waals surface area contributed by atoms with Gasteiger partial charge in [-0.3, -0.25) is 0 Å². The van der Waals surface area contributed by atoms with E-state index >= 15 is 0 Å². The van der Waals surface area contributed by atoms with E-state index in [1.54, 1.807) is 0 Å². The molecule has 2 heterocycles. The second-order valence-electron chi connectivity index (χ2n) is 4.08. The fourth-order valence-electron chi connectivity index (χ4n) is 2.07. The smallest absolute Gasteiger partial charge is 0.229 e. The number of nitrogens with zero attached hydrogens (tertiary/aromatic N) is 3. The average Bonchev–Trinajstić information content (AvgIpc) is 2.67. The third kappa shape index (κ3) is 2.54. The normalized spacial score (nSPS) is 19.6. The zero-order valence-electron chi connectivity index (χ0n) is 9.15. The second kappa shape index (κ2) is 4.72. The van der Waals surface area contributed by atoms with Crippen LogP contribution in [0.4, 0.5) is 0 Å². The molecule has 0 amide bonds. The number of hydrogen-bond donors (Lipinski definition) is 1. The molecule has 1 aromatic heterocycles. The molecule has 0 saturated carbocycles. The van der Waals surface area contributed by atoms with E-state index in [0.29, 0.717) is 5.92 Å². The molecule has 2 rings (SSSR count). The van der Waals surface area contributed by atoms with Crippen molar-refractivity contribution in [3.05, 3.63) is 11.7 Å². The van der Waals surface area contributed by atoms with E-state index in [9.17, 15) is 0 Å². The van der Waals surface area contributed by atoms with Crippen molar-refractivity contribution in [1.29, 1.82) is 0 Å². The van der Waals surface area contributed by atoms with Crippen LogP contribution < -0.4 is 5.73 Å². The molecule has 5 heteroatoms. The summed E-state index contributed by atoms with van der Waals surface area (Å²) in [6.45, 7) is 5.77. The number of rotatable bonds is 3. The van der Waals surface area contributed by atoms with E-state index in [0.717, 1.165) is 50.7 Å². The quantitative estimate of drug-likeness (QED) is 0.787. The number of aromatic nitrogens is 2. The molecular formula is C10H18N4O. The third-order valence-corrected chi connectivity index (χ3v) is 2.93. The molecule has 1 aliphatic rings. The highest BCUT2D eigenvalue weighted by Crippen LogP contribution is 2.26. The largest absolute Gasteiger partial charge is 0.339 e. The highest BCUT2D eigenvalue weighted by molar-refractivity contribution is 4.95. The Labute approximate surface area is 89.6 Å². The van der Waals surface area contributed by atoms with Gasteiger partial charge >= 0.3 is 0 Å². The van der Waals surface area contributed by atoms with Crippen LogP contribution in [0.25, 0.3) is 0 Å². The van der Waals surface area contributed by atoms with E-state index in [2.05, 4.69) is 15.0 Å². The summed E-state index contributed by atoms with van der Waals surface area (Å²) in [5.41, 5.74) is 5.53. The monoisotopic (exact) mass is 210 g/mol. The summed E-state index contributed by atoms with van der Waals surface area (Å²) < 4.78 is 5.19. The topological polar surface area (TPSA) is 68.2 Å². The minimum absolute atomic E-state index is 0.445. The highest BCUT2D eigenvalue weighted by atomic mass is 16.5. The van der Waals surface area contributed by atoms with Crippen molar-refractivity contribution >= 4 is 0 Å². The van der Waals surface area contributed by atoms with Gasteiger partial charge in [0.25, 0.3) is 0 Å². The van der Waals surface area contributed by atoms with E-state index in [-0.39, 0.29) is 0 Å². The molecular weight excluding hydrogens is 192 g/mol. The van der Waals surface area contributed by atoms with Gasteiger partial charge in [0.2, 0.25) is 5.89 Å². The Morgan fingerprint density at radius 2 is 2.20 bits per heavy atom. The van der Waals surface area contributed by atoms with Gasteiger partial charge in [-0.1, -0.05) is 5.16 Å². The molecule has 0 bridgehead atoms. The van der Waals surface area contributed by atoms with Crippen LogP contribution in [0.5, 0.6) is 0 Å². The van der Waals surface area contributed by atoms with Crippen LogP contribution in [0.15, 0.2) is 4.52 Å². The molecule has 0 atom stereocenters. The lowest BCUT2D eigenvalue weighted by molar-refractivity contribution is 0.198. The molecule has 0 aliphatic carbocycles. The third-order valence-electron chi connectivity index (χ3n) is 2.93. The molecule has 1 fully saturated rings. The molecule has 15 heavy (non-hydrogen) atoms. The first-order valence-electron chi connectivity index (χ1n) is 5.52. The second-order valence-corrected chi connectivity index (χ2v) is 4.08. The van der Waals surface area contributed by atoms with Crippen LogP contribution in [0.3, 0.4) is 0 Å². The van der Waals surface area contributed by atoms with Crippen molar-refractivity contribution in [2.75, 3.05) is 26.2 Å². The maximum atomic E-state index is 5.53. The Kier molecular flexibility index (Phi) is 3.33.